The Morgan fingerprint density at radius 3 is 2.83 bits per heavy atom. The molecule has 0 saturated carbocycles. The summed E-state index contributed by atoms with van der Waals surface area (Å²) in [6, 6.07) is 5.38. The van der Waals surface area contributed by atoms with Crippen molar-refractivity contribution in [1.82, 2.24) is 5.23 Å². The van der Waals surface area contributed by atoms with Gasteiger partial charge >= 0.3 is 105 Å². The van der Waals surface area contributed by atoms with Crippen molar-refractivity contribution < 1.29 is 19.0 Å². The molecule has 1 aromatic carbocycles. The van der Waals surface area contributed by atoms with Crippen LogP contribution in [-0.2, 0) is 20.8 Å². The fraction of sp³-hybridized carbons (Fsp3) is 0.250. The Morgan fingerprint density at radius 1 is 1.44 bits per heavy atom. The van der Waals surface area contributed by atoms with Crippen molar-refractivity contribution in [3.05, 3.63) is 35.4 Å². The van der Waals surface area contributed by atoms with Crippen LogP contribution in [0.25, 0.3) is 6.08 Å². The molecule has 0 aliphatic carbocycles. The first-order chi connectivity index (χ1) is 8.71. The van der Waals surface area contributed by atoms with E-state index in [0.29, 0.717) is 19.6 Å². The molecule has 94 valence electrons. The van der Waals surface area contributed by atoms with Gasteiger partial charge in [-0.15, -0.1) is 0 Å². The van der Waals surface area contributed by atoms with E-state index < -0.39 is 5.97 Å². The SMILES string of the molecule is COC(=O)C=Cc1ccc(OC)cc1CNB=O. The number of hydrogen-bond donors (Lipinski definition) is 1. The van der Waals surface area contributed by atoms with E-state index in [2.05, 4.69) is 9.96 Å². The summed E-state index contributed by atoms with van der Waals surface area (Å²) in [5, 5.41) is 2.57. The molecule has 1 N–H and O–H groups in total. The van der Waals surface area contributed by atoms with Crippen LogP contribution in [0, 0.1) is 0 Å². The van der Waals surface area contributed by atoms with E-state index in [9.17, 15) is 9.50 Å². The van der Waals surface area contributed by atoms with Crippen LogP contribution in [-0.4, -0.2) is 27.5 Å². The number of esters is 1. The first-order valence-corrected chi connectivity index (χ1v) is 5.31. The van der Waals surface area contributed by atoms with Gasteiger partial charge in [-0.25, -0.2) is 0 Å². The standard InChI is InChI=1S/C12H14BNO4/c1-17-11-5-3-9(4-6-12(15)18-2)10(7-11)8-14-13-16/h3-7,14H,8H2,1-2H3. The molecular weight excluding hydrogens is 233 g/mol. The molecule has 6 heteroatoms. The van der Waals surface area contributed by atoms with Crippen molar-refractivity contribution in [2.24, 2.45) is 0 Å². The van der Waals surface area contributed by atoms with Crippen LogP contribution in [0.2, 0.25) is 0 Å². The van der Waals surface area contributed by atoms with Gasteiger partial charge in [0.2, 0.25) is 0 Å². The third-order valence-corrected chi connectivity index (χ3v) is 2.33. The topological polar surface area (TPSA) is 64.6 Å². The van der Waals surface area contributed by atoms with Crippen molar-refractivity contribution in [1.29, 1.82) is 0 Å². The van der Waals surface area contributed by atoms with E-state index in [1.807, 2.05) is 0 Å². The van der Waals surface area contributed by atoms with E-state index in [-0.39, 0.29) is 0 Å². The summed E-state index contributed by atoms with van der Waals surface area (Å²) in [5.41, 5.74) is 1.66. The number of benzene rings is 1. The number of carbonyl (C=O) groups excluding carboxylic acids is 1. The zero-order valence-electron chi connectivity index (χ0n) is 10.3. The Morgan fingerprint density at radius 2 is 2.22 bits per heavy atom. The van der Waals surface area contributed by atoms with Gasteiger partial charge in [0.05, 0.1) is 0 Å². The van der Waals surface area contributed by atoms with Gasteiger partial charge in [0.15, 0.2) is 0 Å². The van der Waals surface area contributed by atoms with Gasteiger partial charge in [0.25, 0.3) is 0 Å². The average molecular weight is 247 g/mol. The molecule has 0 aromatic heterocycles. The molecule has 0 fully saturated rings. The Bertz CT molecular complexity index is 459. The molecule has 1 aromatic rings. The molecular formula is C12H14BNO4. The number of methoxy groups -OCH3 is 2. The molecule has 0 aliphatic rings. The van der Waals surface area contributed by atoms with Crippen molar-refractivity contribution in [2.75, 3.05) is 14.2 Å². The first kappa shape index (κ1) is 14.0. The van der Waals surface area contributed by atoms with E-state index in [0.717, 1.165) is 11.1 Å². The van der Waals surface area contributed by atoms with Crippen molar-refractivity contribution >= 4 is 19.3 Å². The first-order valence-electron chi connectivity index (χ1n) is 5.31. The molecule has 0 amide bonds. The normalized spacial score (nSPS) is 9.89. The molecule has 0 atom stereocenters. The predicted molar refractivity (Wildman–Crippen MR) is 67.3 cm³/mol. The summed E-state index contributed by atoms with van der Waals surface area (Å²) in [6.45, 7) is 0.363. The average Bonchev–Trinajstić information content (AvgIpc) is 2.42. The van der Waals surface area contributed by atoms with E-state index in [1.54, 1.807) is 31.4 Å². The summed E-state index contributed by atoms with van der Waals surface area (Å²) >= 11 is 0. The summed E-state index contributed by atoms with van der Waals surface area (Å²) < 4.78 is 19.9. The summed E-state index contributed by atoms with van der Waals surface area (Å²) in [6.07, 6.45) is 2.96. The third-order valence-electron chi connectivity index (χ3n) is 2.33. The second-order valence-electron chi connectivity index (χ2n) is 3.42. The van der Waals surface area contributed by atoms with Gasteiger partial charge in [-0.1, -0.05) is 0 Å². The minimum atomic E-state index is -0.430. The molecule has 0 radical (unpaired) electrons. The third kappa shape index (κ3) is 4.05. The monoisotopic (exact) mass is 247 g/mol. The van der Waals surface area contributed by atoms with Crippen molar-refractivity contribution in [3.63, 3.8) is 0 Å². The van der Waals surface area contributed by atoms with Gasteiger partial charge in [-0.3, -0.25) is 0 Å². The van der Waals surface area contributed by atoms with Gasteiger partial charge in [-0.05, 0) is 0 Å². The molecule has 0 bridgehead atoms. The van der Waals surface area contributed by atoms with Crippen molar-refractivity contribution in [3.8, 4) is 5.75 Å². The molecule has 5 nitrogen and oxygen atoms in total. The minimum absolute atomic E-state index is 0.363. The maximum absolute atomic E-state index is 11.0. The number of rotatable bonds is 6. The van der Waals surface area contributed by atoms with E-state index in [1.165, 1.54) is 13.2 Å². The Labute approximate surface area is 106 Å². The zero-order chi connectivity index (χ0) is 13.4. The molecule has 0 saturated heterocycles. The van der Waals surface area contributed by atoms with Crippen LogP contribution in [0.1, 0.15) is 11.1 Å². The number of ether oxygens (including phenoxy) is 2. The van der Waals surface area contributed by atoms with Crippen LogP contribution in [0.15, 0.2) is 24.3 Å². The van der Waals surface area contributed by atoms with Crippen molar-refractivity contribution in [2.45, 2.75) is 6.54 Å². The predicted octanol–water partition coefficient (Wildman–Crippen LogP) is 0.936. The summed E-state index contributed by atoms with van der Waals surface area (Å²) in [4.78, 5) is 11.0. The second-order valence-corrected chi connectivity index (χ2v) is 3.42. The quantitative estimate of drug-likeness (QED) is 0.460. The Kier molecular flexibility index (Phi) is 5.63. The number of carbonyl (C=O) groups is 1. The molecule has 18 heavy (non-hydrogen) atoms. The molecule has 1 rings (SSSR count). The Hall–Kier alpha value is -2.11. The van der Waals surface area contributed by atoms with Gasteiger partial charge in [-0.2, -0.15) is 0 Å². The van der Waals surface area contributed by atoms with Crippen LogP contribution in [0.3, 0.4) is 0 Å². The maximum atomic E-state index is 11.0. The molecule has 0 spiro atoms. The van der Waals surface area contributed by atoms with Gasteiger partial charge < -0.3 is 0 Å². The molecule has 0 unspecified atom stereocenters. The fourth-order valence-electron chi connectivity index (χ4n) is 1.40. The molecule has 0 aliphatic heterocycles. The van der Waals surface area contributed by atoms with E-state index >= 15 is 0 Å². The Balaban J connectivity index is 2.97. The van der Waals surface area contributed by atoms with E-state index in [4.69, 9.17) is 4.74 Å². The van der Waals surface area contributed by atoms with Gasteiger partial charge in [0.1, 0.15) is 0 Å². The molecule has 0 heterocycles. The van der Waals surface area contributed by atoms with Crippen LogP contribution in [0.5, 0.6) is 5.75 Å². The second kappa shape index (κ2) is 7.27. The van der Waals surface area contributed by atoms with Crippen LogP contribution < -0.4 is 9.96 Å². The van der Waals surface area contributed by atoms with Gasteiger partial charge in [0, 0.05) is 0 Å². The zero-order valence-corrected chi connectivity index (χ0v) is 10.3. The number of nitrogens with one attached hydrogen (secondary N) is 1. The number of hydrogen-bond acceptors (Lipinski definition) is 4. The summed E-state index contributed by atoms with van der Waals surface area (Å²) in [7, 11) is 3.50. The summed E-state index contributed by atoms with van der Waals surface area (Å²) in [5.74, 6) is 0.257. The van der Waals surface area contributed by atoms with Crippen LogP contribution >= 0.6 is 0 Å². The van der Waals surface area contributed by atoms with Crippen LogP contribution in [0.4, 0.5) is 0 Å². The fourth-order valence-corrected chi connectivity index (χ4v) is 1.40.